The summed E-state index contributed by atoms with van der Waals surface area (Å²) in [7, 11) is 1.46. The van der Waals surface area contributed by atoms with E-state index in [1.807, 2.05) is 15.8 Å². The number of hydrogen-bond acceptors (Lipinski definition) is 4. The lowest BCUT2D eigenvalue weighted by molar-refractivity contribution is 0.0199. The molecule has 2 unspecified atom stereocenters. The van der Waals surface area contributed by atoms with Crippen molar-refractivity contribution >= 4 is 17.7 Å². The number of carbonyl (C=O) groups is 1. The van der Waals surface area contributed by atoms with Gasteiger partial charge in [-0.15, -0.1) is 0 Å². The highest BCUT2D eigenvalue weighted by Gasteiger charge is 2.37. The molecule has 2 saturated heterocycles. The fourth-order valence-corrected chi connectivity index (χ4v) is 4.48. The molecule has 3 heterocycles. The van der Waals surface area contributed by atoms with Crippen LogP contribution in [0.3, 0.4) is 0 Å². The van der Waals surface area contributed by atoms with Gasteiger partial charge >= 0.3 is 6.09 Å². The van der Waals surface area contributed by atoms with E-state index in [9.17, 15) is 4.79 Å². The molecule has 1 amide bonds. The average molecular weight is 355 g/mol. The molecule has 0 spiro atoms. The van der Waals surface area contributed by atoms with E-state index in [0.717, 1.165) is 38.8 Å². The summed E-state index contributed by atoms with van der Waals surface area (Å²) in [6, 6.07) is 1.42. The molecule has 134 valence electrons. The highest BCUT2D eigenvalue weighted by atomic mass is 35.5. The molecule has 7 heteroatoms. The Kier molecular flexibility index (Phi) is 5.35. The molecule has 2 fully saturated rings. The van der Waals surface area contributed by atoms with Crippen LogP contribution < -0.4 is 0 Å². The topological polar surface area (TPSA) is 50.6 Å². The minimum atomic E-state index is -0.206. The van der Waals surface area contributed by atoms with Gasteiger partial charge in [-0.2, -0.15) is 5.10 Å². The highest BCUT2D eigenvalue weighted by Crippen LogP contribution is 2.31. The molecule has 0 radical (unpaired) electrons. The zero-order chi connectivity index (χ0) is 17.3. The zero-order valence-corrected chi connectivity index (χ0v) is 15.4. The Morgan fingerprint density at radius 2 is 1.83 bits per heavy atom. The summed E-state index contributed by atoms with van der Waals surface area (Å²) in [6.45, 7) is 6.39. The Balaban J connectivity index is 1.56. The van der Waals surface area contributed by atoms with Gasteiger partial charge in [0, 0.05) is 37.4 Å². The van der Waals surface area contributed by atoms with E-state index in [1.54, 1.807) is 6.20 Å². The highest BCUT2D eigenvalue weighted by molar-refractivity contribution is 6.30. The van der Waals surface area contributed by atoms with E-state index in [1.165, 1.54) is 7.11 Å². The van der Waals surface area contributed by atoms with Crippen LogP contribution in [0.1, 0.15) is 45.6 Å². The van der Waals surface area contributed by atoms with Crippen LogP contribution in [0.15, 0.2) is 12.4 Å². The Morgan fingerprint density at radius 1 is 1.21 bits per heavy atom. The van der Waals surface area contributed by atoms with E-state index in [2.05, 4.69) is 23.8 Å². The number of piperidine rings is 2. The summed E-state index contributed by atoms with van der Waals surface area (Å²) in [5.41, 5.74) is 0. The number of hydrogen-bond donors (Lipinski definition) is 0. The summed E-state index contributed by atoms with van der Waals surface area (Å²) < 4.78 is 6.93. The number of aromatic nitrogens is 2. The first-order valence-corrected chi connectivity index (χ1v) is 9.17. The maximum absolute atomic E-state index is 11.9. The van der Waals surface area contributed by atoms with Crippen molar-refractivity contribution in [3.8, 4) is 0 Å². The van der Waals surface area contributed by atoms with Gasteiger partial charge in [0.05, 0.1) is 24.4 Å². The van der Waals surface area contributed by atoms with Gasteiger partial charge in [-0.05, 0) is 39.5 Å². The second-order valence-corrected chi connectivity index (χ2v) is 7.54. The van der Waals surface area contributed by atoms with Crippen molar-refractivity contribution in [1.82, 2.24) is 19.6 Å². The third-order valence-corrected chi connectivity index (χ3v) is 5.72. The van der Waals surface area contributed by atoms with Crippen molar-refractivity contribution in [3.05, 3.63) is 17.4 Å². The number of halogens is 1. The summed E-state index contributed by atoms with van der Waals surface area (Å²) >= 11 is 5.98. The molecule has 24 heavy (non-hydrogen) atoms. The SMILES string of the molecule is COC(=O)N1C(C)CC(N2CCC(n3cc(Cl)cn3)CC2)CC1C. The normalized spacial score (nSPS) is 29.7. The number of ether oxygens (including phenoxy) is 1. The van der Waals surface area contributed by atoms with Gasteiger partial charge in [-0.1, -0.05) is 11.6 Å². The van der Waals surface area contributed by atoms with Crippen LogP contribution in [0, 0.1) is 0 Å². The molecule has 2 aliphatic rings. The second kappa shape index (κ2) is 7.31. The predicted molar refractivity (Wildman–Crippen MR) is 93.3 cm³/mol. The molecular weight excluding hydrogens is 328 g/mol. The third kappa shape index (κ3) is 3.54. The average Bonchev–Trinajstić information content (AvgIpc) is 3.00. The monoisotopic (exact) mass is 354 g/mol. The van der Waals surface area contributed by atoms with E-state index < -0.39 is 0 Å². The molecular formula is C17H27ClN4O2. The van der Waals surface area contributed by atoms with Crippen LogP contribution in [0.5, 0.6) is 0 Å². The van der Waals surface area contributed by atoms with Gasteiger partial charge in [0.15, 0.2) is 0 Å². The molecule has 2 atom stereocenters. The van der Waals surface area contributed by atoms with Gasteiger partial charge < -0.3 is 14.5 Å². The Hall–Kier alpha value is -1.27. The number of likely N-dealkylation sites (tertiary alicyclic amines) is 2. The number of methoxy groups -OCH3 is 1. The molecule has 0 N–H and O–H groups in total. The van der Waals surface area contributed by atoms with Crippen LogP contribution in [-0.2, 0) is 4.74 Å². The Morgan fingerprint density at radius 3 is 2.33 bits per heavy atom. The summed E-state index contributed by atoms with van der Waals surface area (Å²) in [6.07, 6.45) is 7.63. The first-order chi connectivity index (χ1) is 11.5. The third-order valence-electron chi connectivity index (χ3n) is 5.52. The molecule has 0 bridgehead atoms. The van der Waals surface area contributed by atoms with E-state index in [0.29, 0.717) is 17.1 Å². The maximum atomic E-state index is 11.9. The molecule has 0 aliphatic carbocycles. The Bertz CT molecular complexity index is 559. The van der Waals surface area contributed by atoms with Gasteiger partial charge in [0.2, 0.25) is 0 Å². The quantitative estimate of drug-likeness (QED) is 0.818. The molecule has 6 nitrogen and oxygen atoms in total. The molecule has 1 aromatic rings. The van der Waals surface area contributed by atoms with Crippen LogP contribution in [0.2, 0.25) is 5.02 Å². The lowest BCUT2D eigenvalue weighted by Crippen LogP contribution is -2.56. The smallest absolute Gasteiger partial charge is 0.409 e. The van der Waals surface area contributed by atoms with Crippen LogP contribution in [0.25, 0.3) is 0 Å². The number of rotatable bonds is 2. The lowest BCUT2D eigenvalue weighted by atomic mass is 9.90. The zero-order valence-electron chi connectivity index (χ0n) is 14.7. The van der Waals surface area contributed by atoms with Gasteiger partial charge in [0.1, 0.15) is 0 Å². The van der Waals surface area contributed by atoms with Gasteiger partial charge in [0.25, 0.3) is 0 Å². The minimum Gasteiger partial charge on any atom is -0.453 e. The van der Waals surface area contributed by atoms with Gasteiger partial charge in [-0.3, -0.25) is 4.68 Å². The molecule has 2 aliphatic heterocycles. The summed E-state index contributed by atoms with van der Waals surface area (Å²) in [5.74, 6) is 0. The predicted octanol–water partition coefficient (Wildman–Crippen LogP) is 3.18. The summed E-state index contributed by atoms with van der Waals surface area (Å²) in [4.78, 5) is 16.4. The van der Waals surface area contributed by atoms with E-state index in [-0.39, 0.29) is 18.2 Å². The number of nitrogens with zero attached hydrogens (tertiary/aromatic N) is 4. The van der Waals surface area contributed by atoms with Crippen LogP contribution >= 0.6 is 11.6 Å². The van der Waals surface area contributed by atoms with Crippen molar-refractivity contribution in [2.24, 2.45) is 0 Å². The molecule has 1 aromatic heterocycles. The van der Waals surface area contributed by atoms with Crippen molar-refractivity contribution < 1.29 is 9.53 Å². The Labute approximate surface area is 148 Å². The largest absolute Gasteiger partial charge is 0.453 e. The van der Waals surface area contributed by atoms with E-state index >= 15 is 0 Å². The van der Waals surface area contributed by atoms with E-state index in [4.69, 9.17) is 16.3 Å². The van der Waals surface area contributed by atoms with Crippen molar-refractivity contribution in [2.45, 2.75) is 63.7 Å². The first kappa shape index (κ1) is 17.5. The van der Waals surface area contributed by atoms with Crippen molar-refractivity contribution in [1.29, 1.82) is 0 Å². The summed E-state index contributed by atoms with van der Waals surface area (Å²) in [5, 5.41) is 5.05. The number of amides is 1. The van der Waals surface area contributed by atoms with Gasteiger partial charge in [-0.25, -0.2) is 4.79 Å². The minimum absolute atomic E-state index is 0.206. The standard InChI is InChI=1S/C17H27ClN4O2/c1-12-8-16(9-13(2)22(12)17(23)24-3)20-6-4-15(5-7-20)21-11-14(18)10-19-21/h10-13,15-16H,4-9H2,1-3H3. The lowest BCUT2D eigenvalue weighted by Gasteiger charge is -2.47. The van der Waals surface area contributed by atoms with Crippen molar-refractivity contribution in [2.75, 3.05) is 20.2 Å². The second-order valence-electron chi connectivity index (χ2n) is 7.11. The fraction of sp³-hybridized carbons (Fsp3) is 0.765. The van der Waals surface area contributed by atoms with Crippen molar-refractivity contribution in [3.63, 3.8) is 0 Å². The molecule has 0 aromatic carbocycles. The first-order valence-electron chi connectivity index (χ1n) is 8.79. The maximum Gasteiger partial charge on any atom is 0.409 e. The fourth-order valence-electron chi connectivity index (χ4n) is 4.34. The van der Waals surface area contributed by atoms with Crippen LogP contribution in [0.4, 0.5) is 4.79 Å². The molecule has 0 saturated carbocycles. The molecule has 3 rings (SSSR count). The number of carbonyl (C=O) groups excluding carboxylic acids is 1. The van der Waals surface area contributed by atoms with Crippen LogP contribution in [-0.4, -0.2) is 64.0 Å².